The van der Waals surface area contributed by atoms with Crippen LogP contribution in [0.4, 0.5) is 0 Å². The van der Waals surface area contributed by atoms with Crippen molar-refractivity contribution in [3.8, 4) is 0 Å². The van der Waals surface area contributed by atoms with Crippen LogP contribution in [-0.4, -0.2) is 25.4 Å². The van der Waals surface area contributed by atoms with E-state index in [1.165, 1.54) is 51.4 Å². The molecule has 2 saturated carbocycles. The largest absolute Gasteiger partial charge is 0.379 e. The van der Waals surface area contributed by atoms with Crippen molar-refractivity contribution in [3.05, 3.63) is 0 Å². The molecule has 2 rings (SSSR count). The van der Waals surface area contributed by atoms with Crippen LogP contribution in [0.5, 0.6) is 0 Å². The molecular weight excluding hydrogens is 260 g/mol. The van der Waals surface area contributed by atoms with Crippen LogP contribution in [-0.2, 0) is 9.47 Å². The molecular formula is C19H36O2. The Morgan fingerprint density at radius 1 is 0.667 bits per heavy atom. The molecule has 0 saturated heterocycles. The molecule has 124 valence electrons. The van der Waals surface area contributed by atoms with Crippen molar-refractivity contribution in [1.29, 1.82) is 0 Å². The summed E-state index contributed by atoms with van der Waals surface area (Å²) in [7, 11) is 0. The molecule has 0 aromatic heterocycles. The summed E-state index contributed by atoms with van der Waals surface area (Å²) in [5.41, 5.74) is 0.494. The first kappa shape index (κ1) is 17.3. The highest BCUT2D eigenvalue weighted by atomic mass is 16.5. The number of hydrogen-bond acceptors (Lipinski definition) is 2. The average Bonchev–Trinajstić information content (AvgIpc) is 2.49. The van der Waals surface area contributed by atoms with Crippen LogP contribution in [0.15, 0.2) is 0 Å². The van der Waals surface area contributed by atoms with Gasteiger partial charge in [-0.05, 0) is 82.5 Å². The highest BCUT2D eigenvalue weighted by molar-refractivity contribution is 4.90. The Labute approximate surface area is 132 Å². The van der Waals surface area contributed by atoms with Gasteiger partial charge in [0.15, 0.2) is 0 Å². The molecule has 0 bridgehead atoms. The van der Waals surface area contributed by atoms with Gasteiger partial charge in [0, 0.05) is 13.2 Å². The van der Waals surface area contributed by atoms with E-state index in [0.29, 0.717) is 17.6 Å². The Morgan fingerprint density at radius 2 is 1.00 bits per heavy atom. The minimum Gasteiger partial charge on any atom is -0.379 e. The van der Waals surface area contributed by atoms with E-state index in [1.807, 2.05) is 0 Å². The summed E-state index contributed by atoms with van der Waals surface area (Å²) in [5.74, 6) is 1.78. The van der Waals surface area contributed by atoms with Gasteiger partial charge in [-0.1, -0.05) is 13.8 Å². The van der Waals surface area contributed by atoms with Gasteiger partial charge in [0.1, 0.15) is 0 Å². The first-order chi connectivity index (χ1) is 10.1. The second-order valence-corrected chi connectivity index (χ2v) is 7.68. The Kier molecular flexibility index (Phi) is 6.55. The van der Waals surface area contributed by atoms with Crippen molar-refractivity contribution < 1.29 is 9.47 Å². The van der Waals surface area contributed by atoms with E-state index in [-0.39, 0.29) is 0 Å². The molecule has 2 fully saturated rings. The third-order valence-electron chi connectivity index (χ3n) is 6.26. The minimum absolute atomic E-state index is 0.494. The molecule has 0 aliphatic heterocycles. The van der Waals surface area contributed by atoms with Gasteiger partial charge in [0.05, 0.1) is 12.2 Å². The second-order valence-electron chi connectivity index (χ2n) is 7.68. The van der Waals surface area contributed by atoms with E-state index in [9.17, 15) is 0 Å². The van der Waals surface area contributed by atoms with Crippen LogP contribution in [0.25, 0.3) is 0 Å². The summed E-state index contributed by atoms with van der Waals surface area (Å²) in [6.45, 7) is 11.1. The second kappa shape index (κ2) is 7.97. The standard InChI is InChI=1S/C19H36O2/c1-5-20-17-11-7-15(8-12-17)19(3,4)16-9-13-18(14-10-16)21-6-2/h15-18H,5-14H2,1-4H3. The Morgan fingerprint density at radius 3 is 1.29 bits per heavy atom. The van der Waals surface area contributed by atoms with E-state index in [4.69, 9.17) is 9.47 Å². The maximum absolute atomic E-state index is 5.81. The van der Waals surface area contributed by atoms with Gasteiger partial charge in [-0.15, -0.1) is 0 Å². The van der Waals surface area contributed by atoms with Crippen molar-refractivity contribution in [3.63, 3.8) is 0 Å². The molecule has 0 spiro atoms. The quantitative estimate of drug-likeness (QED) is 0.670. The lowest BCUT2D eigenvalue weighted by Crippen LogP contribution is -2.39. The maximum Gasteiger partial charge on any atom is 0.0575 e. The van der Waals surface area contributed by atoms with Crippen molar-refractivity contribution in [2.75, 3.05) is 13.2 Å². The van der Waals surface area contributed by atoms with Gasteiger partial charge in [-0.2, -0.15) is 0 Å². The van der Waals surface area contributed by atoms with Crippen molar-refractivity contribution in [2.24, 2.45) is 17.3 Å². The zero-order valence-corrected chi connectivity index (χ0v) is 14.7. The Balaban J connectivity index is 1.82. The summed E-state index contributed by atoms with van der Waals surface area (Å²) in [4.78, 5) is 0. The molecule has 21 heavy (non-hydrogen) atoms. The maximum atomic E-state index is 5.81. The van der Waals surface area contributed by atoms with Crippen LogP contribution >= 0.6 is 0 Å². The molecule has 0 aromatic carbocycles. The zero-order chi connectivity index (χ0) is 15.3. The summed E-state index contributed by atoms with van der Waals surface area (Å²) in [6.07, 6.45) is 11.6. The molecule has 2 nitrogen and oxygen atoms in total. The minimum atomic E-state index is 0.494. The average molecular weight is 296 g/mol. The highest BCUT2D eigenvalue weighted by Gasteiger charge is 2.40. The third-order valence-corrected chi connectivity index (χ3v) is 6.26. The fourth-order valence-corrected chi connectivity index (χ4v) is 4.75. The third kappa shape index (κ3) is 4.45. The molecule has 0 amide bonds. The molecule has 0 unspecified atom stereocenters. The van der Waals surface area contributed by atoms with E-state index in [1.54, 1.807) is 0 Å². The molecule has 0 aromatic rings. The van der Waals surface area contributed by atoms with Crippen molar-refractivity contribution in [2.45, 2.75) is 91.3 Å². The summed E-state index contributed by atoms with van der Waals surface area (Å²) >= 11 is 0. The van der Waals surface area contributed by atoms with Gasteiger partial charge >= 0.3 is 0 Å². The van der Waals surface area contributed by atoms with Gasteiger partial charge in [-0.25, -0.2) is 0 Å². The smallest absolute Gasteiger partial charge is 0.0575 e. The van der Waals surface area contributed by atoms with Crippen molar-refractivity contribution in [1.82, 2.24) is 0 Å². The van der Waals surface area contributed by atoms with Crippen LogP contribution in [0.3, 0.4) is 0 Å². The van der Waals surface area contributed by atoms with Gasteiger partial charge < -0.3 is 9.47 Å². The fraction of sp³-hybridized carbons (Fsp3) is 1.00. The lowest BCUT2D eigenvalue weighted by atomic mass is 9.60. The predicted octanol–water partition coefficient (Wildman–Crippen LogP) is 5.20. The molecule has 0 N–H and O–H groups in total. The zero-order valence-electron chi connectivity index (χ0n) is 14.7. The van der Waals surface area contributed by atoms with E-state index < -0.39 is 0 Å². The van der Waals surface area contributed by atoms with E-state index >= 15 is 0 Å². The summed E-state index contributed by atoms with van der Waals surface area (Å²) in [6, 6.07) is 0. The Hall–Kier alpha value is -0.0800. The first-order valence-corrected chi connectivity index (χ1v) is 9.31. The van der Waals surface area contributed by atoms with Crippen LogP contribution < -0.4 is 0 Å². The molecule has 0 heterocycles. The predicted molar refractivity (Wildman–Crippen MR) is 88.5 cm³/mol. The van der Waals surface area contributed by atoms with E-state index in [0.717, 1.165) is 25.0 Å². The number of ether oxygens (including phenoxy) is 2. The number of hydrogen-bond donors (Lipinski definition) is 0. The van der Waals surface area contributed by atoms with Gasteiger partial charge in [-0.3, -0.25) is 0 Å². The van der Waals surface area contributed by atoms with Crippen molar-refractivity contribution >= 4 is 0 Å². The normalized spacial score (nSPS) is 34.9. The first-order valence-electron chi connectivity index (χ1n) is 9.31. The fourth-order valence-electron chi connectivity index (χ4n) is 4.75. The molecule has 0 radical (unpaired) electrons. The van der Waals surface area contributed by atoms with Crippen LogP contribution in [0.2, 0.25) is 0 Å². The van der Waals surface area contributed by atoms with Crippen LogP contribution in [0.1, 0.15) is 79.1 Å². The number of rotatable bonds is 6. The van der Waals surface area contributed by atoms with Gasteiger partial charge in [0.2, 0.25) is 0 Å². The topological polar surface area (TPSA) is 18.5 Å². The van der Waals surface area contributed by atoms with E-state index in [2.05, 4.69) is 27.7 Å². The highest BCUT2D eigenvalue weighted by Crippen LogP contribution is 2.48. The lowest BCUT2D eigenvalue weighted by molar-refractivity contribution is -0.0313. The molecule has 2 aliphatic rings. The lowest BCUT2D eigenvalue weighted by Gasteiger charge is -2.46. The molecule has 0 atom stereocenters. The monoisotopic (exact) mass is 296 g/mol. The summed E-state index contributed by atoms with van der Waals surface area (Å²) in [5, 5.41) is 0. The SMILES string of the molecule is CCOC1CCC(C(C)(C)C2CCC(OCC)CC2)CC1. The van der Waals surface area contributed by atoms with Crippen LogP contribution in [0, 0.1) is 17.3 Å². The Bertz CT molecular complexity index is 256. The summed E-state index contributed by atoms with van der Waals surface area (Å²) < 4.78 is 11.6. The molecule has 2 aliphatic carbocycles. The van der Waals surface area contributed by atoms with Gasteiger partial charge in [0.25, 0.3) is 0 Å². The molecule has 2 heteroatoms.